The van der Waals surface area contributed by atoms with Gasteiger partial charge in [0.2, 0.25) is 0 Å². The molecule has 3 aromatic rings. The van der Waals surface area contributed by atoms with Gasteiger partial charge in [0.1, 0.15) is 5.69 Å². The van der Waals surface area contributed by atoms with Crippen LogP contribution in [0.5, 0.6) is 0 Å². The molecule has 3 rings (SSSR count). The van der Waals surface area contributed by atoms with Crippen LogP contribution in [-0.4, -0.2) is 23.8 Å². The topological polar surface area (TPSA) is 113 Å². The van der Waals surface area contributed by atoms with E-state index in [1.54, 1.807) is 42.9 Å². The van der Waals surface area contributed by atoms with Gasteiger partial charge in [0.15, 0.2) is 0 Å². The summed E-state index contributed by atoms with van der Waals surface area (Å²) in [5.74, 6) is -1.17. The van der Waals surface area contributed by atoms with Gasteiger partial charge < -0.3 is 9.90 Å². The lowest BCUT2D eigenvalue weighted by Crippen LogP contribution is -2.23. The van der Waals surface area contributed by atoms with Crippen LogP contribution in [0.15, 0.2) is 64.3 Å². The van der Waals surface area contributed by atoms with E-state index in [1.165, 1.54) is 28.9 Å². The third kappa shape index (κ3) is 4.24. The first-order valence-electron chi connectivity index (χ1n) is 8.86. The maximum Gasteiger partial charge on any atom is 0.296 e. The van der Waals surface area contributed by atoms with Crippen LogP contribution in [0, 0.1) is 6.92 Å². The first kappa shape index (κ1) is 20.4. The van der Waals surface area contributed by atoms with Crippen LogP contribution < -0.4 is 15.4 Å². The Bertz CT molecular complexity index is 1190. The summed E-state index contributed by atoms with van der Waals surface area (Å²) in [7, 11) is -2.32. The largest absolute Gasteiger partial charge is 0.550 e. The number of nitrogens with zero attached hydrogens (tertiary/aromatic N) is 2. The van der Waals surface area contributed by atoms with E-state index in [4.69, 9.17) is 0 Å². The van der Waals surface area contributed by atoms with Crippen molar-refractivity contribution in [2.45, 2.75) is 24.7 Å². The third-order valence-electron chi connectivity index (χ3n) is 4.64. The molecular weight excluding hydrogens is 394 g/mol. The number of carboxylic acid groups (broad SMARTS) is 1. The number of aryl methyl sites for hydroxylation is 1. The molecule has 0 spiro atoms. The van der Waals surface area contributed by atoms with Crippen molar-refractivity contribution in [2.75, 3.05) is 4.72 Å². The molecule has 0 amide bonds. The number of anilines is 1. The van der Waals surface area contributed by atoms with Crippen molar-refractivity contribution >= 4 is 21.7 Å². The number of nitrogens with one attached hydrogen (secondary N) is 1. The van der Waals surface area contributed by atoms with Crippen LogP contribution in [0.4, 0.5) is 5.69 Å². The smallest absolute Gasteiger partial charge is 0.296 e. The molecule has 0 saturated carbocycles. The van der Waals surface area contributed by atoms with E-state index in [2.05, 4.69) is 4.72 Å². The molecule has 0 aliphatic carbocycles. The maximum absolute atomic E-state index is 12.9. The van der Waals surface area contributed by atoms with Gasteiger partial charge in [0.25, 0.3) is 15.6 Å². The Hall–Kier alpha value is -3.33. The van der Waals surface area contributed by atoms with Crippen LogP contribution in [0.25, 0.3) is 5.69 Å². The summed E-state index contributed by atoms with van der Waals surface area (Å²) in [6, 6.07) is 14.7. The van der Waals surface area contributed by atoms with E-state index < -0.39 is 21.6 Å². The van der Waals surface area contributed by atoms with Crippen LogP contribution >= 0.6 is 0 Å². The van der Waals surface area contributed by atoms with E-state index in [9.17, 15) is 23.1 Å². The Morgan fingerprint density at radius 3 is 2.28 bits per heavy atom. The number of benzene rings is 2. The minimum absolute atomic E-state index is 0.0244. The zero-order valence-corrected chi connectivity index (χ0v) is 16.8. The number of para-hydroxylation sites is 1. The first-order valence-corrected chi connectivity index (χ1v) is 10.3. The SMILES string of the molecule is Cc1c(NS(=O)(=O)c2ccc(CCC(=O)[O-])cc2)c(=O)n(-c2ccccc2)n1C. The van der Waals surface area contributed by atoms with Crippen molar-refractivity contribution in [3.05, 3.63) is 76.2 Å². The highest BCUT2D eigenvalue weighted by molar-refractivity contribution is 7.92. The number of carbonyl (C=O) groups is 1. The van der Waals surface area contributed by atoms with Crippen LogP contribution in [0.3, 0.4) is 0 Å². The summed E-state index contributed by atoms with van der Waals surface area (Å²) in [5.41, 5.74) is 1.25. The second kappa shape index (κ2) is 7.96. The van der Waals surface area contributed by atoms with Gasteiger partial charge in [0.05, 0.1) is 16.3 Å². The number of carboxylic acids is 1. The fraction of sp³-hybridized carbons (Fsp3) is 0.200. The second-order valence-electron chi connectivity index (χ2n) is 6.56. The van der Waals surface area contributed by atoms with Gasteiger partial charge in [-0.25, -0.2) is 13.1 Å². The maximum atomic E-state index is 12.9. The van der Waals surface area contributed by atoms with Crippen molar-refractivity contribution < 1.29 is 18.3 Å². The molecule has 1 heterocycles. The van der Waals surface area contributed by atoms with E-state index >= 15 is 0 Å². The zero-order chi connectivity index (χ0) is 21.2. The van der Waals surface area contributed by atoms with Crippen LogP contribution in [0.1, 0.15) is 17.7 Å². The average Bonchev–Trinajstić information content (AvgIpc) is 2.90. The van der Waals surface area contributed by atoms with Crippen molar-refractivity contribution in [3.8, 4) is 5.69 Å². The minimum Gasteiger partial charge on any atom is -0.550 e. The van der Waals surface area contributed by atoms with Crippen molar-refractivity contribution in [2.24, 2.45) is 7.05 Å². The monoisotopic (exact) mass is 414 g/mol. The summed E-state index contributed by atoms with van der Waals surface area (Å²) in [6.45, 7) is 1.65. The highest BCUT2D eigenvalue weighted by atomic mass is 32.2. The van der Waals surface area contributed by atoms with Gasteiger partial charge in [-0.15, -0.1) is 0 Å². The molecule has 9 heteroatoms. The molecule has 1 N–H and O–H groups in total. The fourth-order valence-corrected chi connectivity index (χ4v) is 4.08. The number of carbonyl (C=O) groups excluding carboxylic acids is 1. The quantitative estimate of drug-likeness (QED) is 0.619. The van der Waals surface area contributed by atoms with Gasteiger partial charge >= 0.3 is 0 Å². The van der Waals surface area contributed by atoms with Gasteiger partial charge in [-0.3, -0.25) is 14.2 Å². The summed E-state index contributed by atoms with van der Waals surface area (Å²) >= 11 is 0. The number of aliphatic carboxylic acids is 1. The number of rotatable bonds is 7. The lowest BCUT2D eigenvalue weighted by atomic mass is 10.1. The van der Waals surface area contributed by atoms with Gasteiger partial charge in [-0.05, 0) is 49.6 Å². The molecule has 0 radical (unpaired) electrons. The summed E-state index contributed by atoms with van der Waals surface area (Å²) in [4.78, 5) is 23.4. The number of sulfonamides is 1. The Morgan fingerprint density at radius 2 is 1.69 bits per heavy atom. The molecule has 0 unspecified atom stereocenters. The molecule has 0 aliphatic rings. The Morgan fingerprint density at radius 1 is 1.07 bits per heavy atom. The van der Waals surface area contributed by atoms with Gasteiger partial charge in [-0.1, -0.05) is 30.3 Å². The van der Waals surface area contributed by atoms with Crippen LogP contribution in [0.2, 0.25) is 0 Å². The number of hydrogen-bond acceptors (Lipinski definition) is 5. The van der Waals surface area contributed by atoms with E-state index in [-0.39, 0.29) is 23.4 Å². The standard InChI is InChI=1S/C20H21N3O5S/c1-14-19(20(26)23(22(14)2)16-6-4-3-5-7-16)21-29(27,28)17-11-8-15(9-12-17)10-13-18(24)25/h3-9,11-12,21H,10,13H2,1-2H3,(H,24,25)/p-1. The highest BCUT2D eigenvalue weighted by Gasteiger charge is 2.22. The molecule has 0 aliphatic heterocycles. The second-order valence-corrected chi connectivity index (χ2v) is 8.24. The average molecular weight is 414 g/mol. The molecule has 0 atom stereocenters. The molecule has 0 bridgehead atoms. The van der Waals surface area contributed by atoms with Crippen molar-refractivity contribution in [1.82, 2.24) is 9.36 Å². The molecule has 0 saturated heterocycles. The Labute approximate surface area is 168 Å². The van der Waals surface area contributed by atoms with E-state index in [1.807, 2.05) is 6.07 Å². The minimum atomic E-state index is -4.00. The fourth-order valence-electron chi connectivity index (χ4n) is 2.96. The third-order valence-corrected chi connectivity index (χ3v) is 6.01. The molecule has 2 aromatic carbocycles. The number of hydrogen-bond donors (Lipinski definition) is 1. The predicted molar refractivity (Wildman–Crippen MR) is 106 cm³/mol. The molecular formula is C20H20N3O5S-. The Balaban J connectivity index is 1.91. The highest BCUT2D eigenvalue weighted by Crippen LogP contribution is 2.19. The summed E-state index contributed by atoms with van der Waals surface area (Å²) in [6.07, 6.45) is 0.0995. The normalized spacial score (nSPS) is 11.4. The summed E-state index contributed by atoms with van der Waals surface area (Å²) < 4.78 is 30.9. The summed E-state index contributed by atoms with van der Waals surface area (Å²) in [5, 5.41) is 10.5. The molecule has 29 heavy (non-hydrogen) atoms. The lowest BCUT2D eigenvalue weighted by Gasteiger charge is -2.08. The number of aromatic nitrogens is 2. The van der Waals surface area contributed by atoms with E-state index in [0.29, 0.717) is 16.9 Å². The Kier molecular flexibility index (Phi) is 5.60. The lowest BCUT2D eigenvalue weighted by molar-refractivity contribution is -0.305. The molecule has 1 aromatic heterocycles. The molecule has 8 nitrogen and oxygen atoms in total. The molecule has 0 fully saturated rings. The zero-order valence-electron chi connectivity index (χ0n) is 16.0. The van der Waals surface area contributed by atoms with Crippen molar-refractivity contribution in [3.63, 3.8) is 0 Å². The molecule has 152 valence electrons. The van der Waals surface area contributed by atoms with Crippen LogP contribution in [-0.2, 0) is 28.3 Å². The first-order chi connectivity index (χ1) is 13.7. The van der Waals surface area contributed by atoms with Gasteiger partial charge in [-0.2, -0.15) is 0 Å². The van der Waals surface area contributed by atoms with E-state index in [0.717, 1.165) is 0 Å². The predicted octanol–water partition coefficient (Wildman–Crippen LogP) is 0.968. The van der Waals surface area contributed by atoms with Crippen molar-refractivity contribution in [1.29, 1.82) is 0 Å². The van der Waals surface area contributed by atoms with Gasteiger partial charge in [0, 0.05) is 13.0 Å².